The molecule has 0 unspecified atom stereocenters. The third-order valence-electron chi connectivity index (χ3n) is 4.86. The third kappa shape index (κ3) is 5.26. The number of hydrogen-bond acceptors (Lipinski definition) is 7. The Kier molecular flexibility index (Phi) is 7.49. The van der Waals surface area contributed by atoms with Crippen molar-refractivity contribution in [2.45, 2.75) is 24.9 Å². The van der Waals surface area contributed by atoms with Gasteiger partial charge in [0.15, 0.2) is 0 Å². The maximum atomic E-state index is 13.2. The minimum atomic E-state index is -3.95. The number of rotatable bonds is 9. The zero-order chi connectivity index (χ0) is 23.3. The van der Waals surface area contributed by atoms with Gasteiger partial charge in [-0.05, 0) is 30.7 Å². The van der Waals surface area contributed by atoms with Crippen LogP contribution in [0.2, 0.25) is 0 Å². The van der Waals surface area contributed by atoms with Gasteiger partial charge in [-0.2, -0.15) is 4.31 Å². The van der Waals surface area contributed by atoms with E-state index in [1.165, 1.54) is 41.2 Å². The second-order valence-electron chi connectivity index (χ2n) is 7.04. The monoisotopic (exact) mass is 476 g/mol. The lowest BCUT2D eigenvalue weighted by Gasteiger charge is -2.19. The standard InChI is InChI=1S/C22H24N2O6S2/c1-16-15-31-22(26)24(16)11-12-30-21(25)18-9-10-19(29-3)20(13-18)32(27,28)23(2)14-17-7-5-4-6-8-17/h4-10,13,15H,11-12,14H2,1-3H3. The van der Waals surface area contributed by atoms with Crippen LogP contribution in [-0.2, 0) is 27.8 Å². The van der Waals surface area contributed by atoms with E-state index in [9.17, 15) is 18.0 Å². The topological polar surface area (TPSA) is 94.9 Å². The van der Waals surface area contributed by atoms with E-state index < -0.39 is 16.0 Å². The molecule has 1 heterocycles. The molecular formula is C22H24N2O6S2. The number of carbonyl (C=O) groups is 1. The fourth-order valence-corrected chi connectivity index (χ4v) is 5.18. The molecule has 0 aliphatic carbocycles. The Morgan fingerprint density at radius 3 is 2.50 bits per heavy atom. The molecule has 0 atom stereocenters. The van der Waals surface area contributed by atoms with E-state index in [-0.39, 0.29) is 40.8 Å². The number of benzene rings is 2. The molecule has 10 heteroatoms. The van der Waals surface area contributed by atoms with Gasteiger partial charge in [-0.25, -0.2) is 13.2 Å². The van der Waals surface area contributed by atoms with Crippen molar-refractivity contribution in [3.05, 3.63) is 80.4 Å². The van der Waals surface area contributed by atoms with Crippen LogP contribution in [-0.4, -0.2) is 44.0 Å². The van der Waals surface area contributed by atoms with Crippen LogP contribution in [0.3, 0.4) is 0 Å². The molecule has 0 amide bonds. The van der Waals surface area contributed by atoms with Crippen molar-refractivity contribution < 1.29 is 22.7 Å². The first-order chi connectivity index (χ1) is 15.2. The lowest BCUT2D eigenvalue weighted by Crippen LogP contribution is -2.27. The van der Waals surface area contributed by atoms with Crippen LogP contribution in [0.15, 0.2) is 63.6 Å². The van der Waals surface area contributed by atoms with Crippen LogP contribution in [0.4, 0.5) is 0 Å². The Hall–Kier alpha value is -2.95. The number of aromatic nitrogens is 1. The van der Waals surface area contributed by atoms with Crippen LogP contribution in [0.1, 0.15) is 21.6 Å². The first-order valence-electron chi connectivity index (χ1n) is 9.74. The van der Waals surface area contributed by atoms with Gasteiger partial charge in [0.2, 0.25) is 10.0 Å². The van der Waals surface area contributed by atoms with Gasteiger partial charge in [0.1, 0.15) is 17.3 Å². The van der Waals surface area contributed by atoms with Crippen molar-refractivity contribution in [1.82, 2.24) is 8.87 Å². The van der Waals surface area contributed by atoms with Gasteiger partial charge in [0.05, 0.1) is 19.2 Å². The fourth-order valence-electron chi connectivity index (χ4n) is 3.09. The molecule has 32 heavy (non-hydrogen) atoms. The van der Waals surface area contributed by atoms with Crippen molar-refractivity contribution in [2.75, 3.05) is 20.8 Å². The van der Waals surface area contributed by atoms with Gasteiger partial charge in [-0.3, -0.25) is 9.36 Å². The molecule has 0 aliphatic heterocycles. The SMILES string of the molecule is COc1ccc(C(=O)OCCn2c(C)csc2=O)cc1S(=O)(=O)N(C)Cc1ccccc1. The number of aryl methyl sites for hydroxylation is 1. The summed E-state index contributed by atoms with van der Waals surface area (Å²) in [4.78, 5) is 24.0. The highest BCUT2D eigenvalue weighted by Crippen LogP contribution is 2.28. The first kappa shape index (κ1) is 23.7. The average Bonchev–Trinajstić information content (AvgIpc) is 3.11. The normalized spacial score (nSPS) is 11.5. The Bertz CT molecular complexity index is 1250. The lowest BCUT2D eigenvalue weighted by atomic mass is 10.2. The Balaban J connectivity index is 1.78. The molecule has 2 aromatic carbocycles. The van der Waals surface area contributed by atoms with Gasteiger partial charge < -0.3 is 9.47 Å². The molecular weight excluding hydrogens is 452 g/mol. The van der Waals surface area contributed by atoms with Crippen LogP contribution in [0, 0.1) is 6.92 Å². The van der Waals surface area contributed by atoms with Crippen LogP contribution in [0.25, 0.3) is 0 Å². The van der Waals surface area contributed by atoms with E-state index in [1.54, 1.807) is 12.3 Å². The molecule has 1 aromatic heterocycles. The summed E-state index contributed by atoms with van der Waals surface area (Å²) in [6.07, 6.45) is 0. The van der Waals surface area contributed by atoms with Crippen molar-refractivity contribution in [2.24, 2.45) is 0 Å². The predicted molar refractivity (Wildman–Crippen MR) is 122 cm³/mol. The number of thiazole rings is 1. The molecule has 170 valence electrons. The largest absolute Gasteiger partial charge is 0.495 e. The predicted octanol–water partition coefficient (Wildman–Crippen LogP) is 2.90. The van der Waals surface area contributed by atoms with Crippen LogP contribution >= 0.6 is 11.3 Å². The summed E-state index contributed by atoms with van der Waals surface area (Å²) < 4.78 is 39.6. The number of sulfonamides is 1. The molecule has 0 spiro atoms. The Morgan fingerprint density at radius 1 is 1.16 bits per heavy atom. The maximum Gasteiger partial charge on any atom is 0.338 e. The molecule has 8 nitrogen and oxygen atoms in total. The highest BCUT2D eigenvalue weighted by molar-refractivity contribution is 7.89. The van der Waals surface area contributed by atoms with E-state index in [4.69, 9.17) is 9.47 Å². The molecule has 0 saturated heterocycles. The molecule has 3 rings (SSSR count). The Morgan fingerprint density at radius 2 is 1.88 bits per heavy atom. The summed E-state index contributed by atoms with van der Waals surface area (Å²) >= 11 is 1.08. The van der Waals surface area contributed by atoms with Gasteiger partial charge in [-0.15, -0.1) is 0 Å². The highest BCUT2D eigenvalue weighted by Gasteiger charge is 2.26. The number of ether oxygens (including phenoxy) is 2. The summed E-state index contributed by atoms with van der Waals surface area (Å²) in [5.74, 6) is -0.558. The lowest BCUT2D eigenvalue weighted by molar-refractivity contribution is 0.0489. The number of hydrogen-bond donors (Lipinski definition) is 0. The fraction of sp³-hybridized carbons (Fsp3) is 0.273. The van der Waals surface area contributed by atoms with Crippen LogP contribution < -0.4 is 9.61 Å². The summed E-state index contributed by atoms with van der Waals surface area (Å²) in [6.45, 7) is 2.17. The van der Waals surface area contributed by atoms with Crippen molar-refractivity contribution in [3.8, 4) is 5.75 Å². The molecule has 3 aromatic rings. The summed E-state index contributed by atoms with van der Waals surface area (Å²) in [5, 5.41) is 1.73. The van der Waals surface area contributed by atoms with E-state index in [0.717, 1.165) is 22.6 Å². The van der Waals surface area contributed by atoms with Crippen molar-refractivity contribution in [3.63, 3.8) is 0 Å². The number of methoxy groups -OCH3 is 1. The Labute approximate surface area is 190 Å². The quantitative estimate of drug-likeness (QED) is 0.441. The van der Waals surface area contributed by atoms with Crippen LogP contribution in [0.5, 0.6) is 5.75 Å². The number of nitrogens with zero attached hydrogens (tertiary/aromatic N) is 2. The highest BCUT2D eigenvalue weighted by atomic mass is 32.2. The minimum Gasteiger partial charge on any atom is -0.495 e. The molecule has 0 aliphatic rings. The zero-order valence-electron chi connectivity index (χ0n) is 18.0. The molecule has 0 fully saturated rings. The summed E-state index contributed by atoms with van der Waals surface area (Å²) in [7, 11) is -1.12. The zero-order valence-corrected chi connectivity index (χ0v) is 19.6. The second kappa shape index (κ2) is 10.1. The third-order valence-corrected chi connectivity index (χ3v) is 7.57. The van der Waals surface area contributed by atoms with Gasteiger partial charge in [0, 0.05) is 24.7 Å². The van der Waals surface area contributed by atoms with Gasteiger partial charge >= 0.3 is 10.8 Å². The van der Waals surface area contributed by atoms with Crippen molar-refractivity contribution >= 4 is 27.3 Å². The van der Waals surface area contributed by atoms with E-state index in [1.807, 2.05) is 30.3 Å². The number of carbonyl (C=O) groups excluding carboxylic acids is 1. The summed E-state index contributed by atoms with van der Waals surface area (Å²) in [5.41, 5.74) is 1.69. The molecule has 0 N–H and O–H groups in total. The minimum absolute atomic E-state index is 0.0155. The summed E-state index contributed by atoms with van der Waals surface area (Å²) in [6, 6.07) is 13.3. The molecule has 0 bridgehead atoms. The second-order valence-corrected chi connectivity index (χ2v) is 9.88. The number of esters is 1. The smallest absolute Gasteiger partial charge is 0.338 e. The van der Waals surface area contributed by atoms with Gasteiger partial charge in [0.25, 0.3) is 0 Å². The molecule has 0 saturated carbocycles. The average molecular weight is 477 g/mol. The van der Waals surface area contributed by atoms with E-state index in [0.29, 0.717) is 0 Å². The molecule has 0 radical (unpaired) electrons. The first-order valence-corrected chi connectivity index (χ1v) is 12.1. The van der Waals surface area contributed by atoms with Gasteiger partial charge in [-0.1, -0.05) is 41.7 Å². The van der Waals surface area contributed by atoms with E-state index >= 15 is 0 Å². The van der Waals surface area contributed by atoms with Crippen molar-refractivity contribution in [1.29, 1.82) is 0 Å². The maximum absolute atomic E-state index is 13.2. The van der Waals surface area contributed by atoms with E-state index in [2.05, 4.69) is 0 Å².